The van der Waals surface area contributed by atoms with Crippen LogP contribution >= 0.6 is 27.7 Å². The molecule has 4 N–H and O–H groups in total. The number of carbonyl (C=O) groups is 1. The standard InChI is InChI=1S/C13H9BrN6O2S/c14-5-1-7-6(18-9(21)3-22-7)2-8(5)23-13-19-10-11(15)16-4-17-12(10)20-13/h1-2,4H,3H2,(H,18,21)(H3,15,16,17,19,20). The van der Waals surface area contributed by atoms with Crippen molar-refractivity contribution in [2.75, 3.05) is 17.7 Å². The number of benzene rings is 1. The molecule has 3 aromatic rings. The number of anilines is 2. The van der Waals surface area contributed by atoms with E-state index < -0.39 is 0 Å². The molecule has 0 fully saturated rings. The molecule has 1 aliphatic rings. The molecule has 10 heteroatoms. The zero-order valence-corrected chi connectivity index (χ0v) is 13.9. The molecule has 4 rings (SSSR count). The van der Waals surface area contributed by atoms with Crippen LogP contribution in [0.25, 0.3) is 11.2 Å². The smallest absolute Gasteiger partial charge is 0.262 e. The third-order valence-corrected chi connectivity index (χ3v) is 5.03. The molecule has 0 unspecified atom stereocenters. The van der Waals surface area contributed by atoms with Gasteiger partial charge in [0.25, 0.3) is 5.91 Å². The van der Waals surface area contributed by atoms with E-state index in [1.165, 1.54) is 18.1 Å². The van der Waals surface area contributed by atoms with Crippen LogP contribution in [0, 0.1) is 0 Å². The number of fused-ring (bicyclic) bond motifs is 2. The number of amides is 1. The van der Waals surface area contributed by atoms with Crippen molar-refractivity contribution < 1.29 is 9.53 Å². The molecule has 0 saturated carbocycles. The number of nitrogens with two attached hydrogens (primary N) is 1. The van der Waals surface area contributed by atoms with E-state index in [1.54, 1.807) is 0 Å². The quantitative estimate of drug-likeness (QED) is 0.611. The van der Waals surface area contributed by atoms with E-state index in [4.69, 9.17) is 10.5 Å². The second kappa shape index (κ2) is 5.39. The summed E-state index contributed by atoms with van der Waals surface area (Å²) < 4.78 is 6.21. The van der Waals surface area contributed by atoms with Gasteiger partial charge in [-0.15, -0.1) is 0 Å². The monoisotopic (exact) mass is 392 g/mol. The van der Waals surface area contributed by atoms with Crippen LogP contribution in [-0.2, 0) is 4.79 Å². The van der Waals surface area contributed by atoms with E-state index in [0.29, 0.717) is 33.6 Å². The van der Waals surface area contributed by atoms with E-state index in [2.05, 4.69) is 41.2 Å². The summed E-state index contributed by atoms with van der Waals surface area (Å²) in [5, 5.41) is 3.40. The Morgan fingerprint density at radius 1 is 1.35 bits per heavy atom. The summed E-state index contributed by atoms with van der Waals surface area (Å²) in [6.45, 7) is 0.0213. The first-order chi connectivity index (χ1) is 11.1. The number of nitrogens with zero attached hydrogens (tertiary/aromatic N) is 3. The molecule has 2 aromatic heterocycles. The van der Waals surface area contributed by atoms with E-state index in [9.17, 15) is 4.79 Å². The van der Waals surface area contributed by atoms with Crippen LogP contribution in [0.4, 0.5) is 11.5 Å². The number of aromatic amines is 1. The fraction of sp³-hybridized carbons (Fsp3) is 0.0769. The number of nitrogens with one attached hydrogen (secondary N) is 2. The predicted octanol–water partition coefficient (Wildman–Crippen LogP) is 2.18. The number of carbonyl (C=O) groups excluding carboxylic acids is 1. The van der Waals surface area contributed by atoms with Gasteiger partial charge in [-0.3, -0.25) is 4.79 Å². The minimum absolute atomic E-state index is 0.0213. The molecule has 3 heterocycles. The van der Waals surface area contributed by atoms with Crippen LogP contribution in [0.1, 0.15) is 0 Å². The summed E-state index contributed by atoms with van der Waals surface area (Å²) >= 11 is 4.88. The van der Waals surface area contributed by atoms with E-state index in [-0.39, 0.29) is 12.5 Å². The molecule has 23 heavy (non-hydrogen) atoms. The molecule has 116 valence electrons. The van der Waals surface area contributed by atoms with Crippen molar-refractivity contribution in [3.05, 3.63) is 22.9 Å². The van der Waals surface area contributed by atoms with Crippen molar-refractivity contribution in [2.45, 2.75) is 10.1 Å². The van der Waals surface area contributed by atoms with Crippen LogP contribution in [0.3, 0.4) is 0 Å². The topological polar surface area (TPSA) is 119 Å². The molecule has 0 radical (unpaired) electrons. The Morgan fingerprint density at radius 3 is 3.04 bits per heavy atom. The first-order valence-corrected chi connectivity index (χ1v) is 8.11. The summed E-state index contributed by atoms with van der Waals surface area (Å²) in [7, 11) is 0. The molecule has 1 amide bonds. The van der Waals surface area contributed by atoms with Gasteiger partial charge in [-0.25, -0.2) is 15.0 Å². The maximum atomic E-state index is 11.4. The average Bonchev–Trinajstić information content (AvgIpc) is 2.92. The molecular formula is C13H9BrN6O2S. The number of rotatable bonds is 2. The normalized spacial score (nSPS) is 13.5. The molecule has 0 saturated heterocycles. The SMILES string of the molecule is Nc1ncnc2[nH]c(Sc3cc4c(cc3Br)OCC(=O)N4)nc12. The second-order valence-electron chi connectivity index (χ2n) is 4.72. The highest BCUT2D eigenvalue weighted by atomic mass is 79.9. The Kier molecular flexibility index (Phi) is 3.34. The largest absolute Gasteiger partial charge is 0.482 e. The van der Waals surface area contributed by atoms with Gasteiger partial charge in [-0.05, 0) is 28.1 Å². The maximum absolute atomic E-state index is 11.4. The van der Waals surface area contributed by atoms with Gasteiger partial charge >= 0.3 is 0 Å². The van der Waals surface area contributed by atoms with Crippen molar-refractivity contribution in [3.63, 3.8) is 0 Å². The van der Waals surface area contributed by atoms with Crippen molar-refractivity contribution in [1.29, 1.82) is 0 Å². The average molecular weight is 393 g/mol. The Hall–Kier alpha value is -2.33. The summed E-state index contributed by atoms with van der Waals surface area (Å²) in [6, 6.07) is 3.64. The molecule has 0 bridgehead atoms. The van der Waals surface area contributed by atoms with Gasteiger partial charge in [-0.1, -0.05) is 11.8 Å². The van der Waals surface area contributed by atoms with E-state index in [0.717, 1.165) is 9.37 Å². The Morgan fingerprint density at radius 2 is 2.22 bits per heavy atom. The number of H-pyrrole nitrogens is 1. The van der Waals surface area contributed by atoms with Gasteiger partial charge in [0, 0.05) is 9.37 Å². The third kappa shape index (κ3) is 2.59. The highest BCUT2D eigenvalue weighted by Gasteiger charge is 2.19. The molecular weight excluding hydrogens is 384 g/mol. The highest BCUT2D eigenvalue weighted by Crippen LogP contribution is 2.40. The van der Waals surface area contributed by atoms with Gasteiger partial charge in [-0.2, -0.15) is 0 Å². The molecule has 1 aromatic carbocycles. The fourth-order valence-electron chi connectivity index (χ4n) is 2.14. The summed E-state index contributed by atoms with van der Waals surface area (Å²) in [5.74, 6) is 0.770. The first kappa shape index (κ1) is 14.3. The lowest BCUT2D eigenvalue weighted by molar-refractivity contribution is -0.118. The van der Waals surface area contributed by atoms with Gasteiger partial charge in [0.1, 0.15) is 12.1 Å². The van der Waals surface area contributed by atoms with Gasteiger partial charge in [0.2, 0.25) is 0 Å². The predicted molar refractivity (Wildman–Crippen MR) is 88.5 cm³/mol. The number of nitrogen functional groups attached to an aromatic ring is 1. The summed E-state index contributed by atoms with van der Waals surface area (Å²) in [5.41, 5.74) is 7.51. The minimum atomic E-state index is -0.178. The molecule has 8 nitrogen and oxygen atoms in total. The Balaban J connectivity index is 1.71. The van der Waals surface area contributed by atoms with Crippen LogP contribution in [0.5, 0.6) is 5.75 Å². The van der Waals surface area contributed by atoms with E-state index >= 15 is 0 Å². The van der Waals surface area contributed by atoms with E-state index in [1.807, 2.05) is 12.1 Å². The Labute approximate surface area is 142 Å². The maximum Gasteiger partial charge on any atom is 0.262 e. The van der Waals surface area contributed by atoms with Crippen molar-refractivity contribution in [2.24, 2.45) is 0 Å². The fourth-order valence-corrected chi connectivity index (χ4v) is 3.53. The van der Waals surface area contributed by atoms with Gasteiger partial charge in [0.05, 0.1) is 5.69 Å². The molecule has 0 spiro atoms. The van der Waals surface area contributed by atoms with Crippen molar-refractivity contribution in [1.82, 2.24) is 19.9 Å². The number of hydrogen-bond acceptors (Lipinski definition) is 7. The zero-order valence-electron chi connectivity index (χ0n) is 11.5. The van der Waals surface area contributed by atoms with Crippen molar-refractivity contribution >= 4 is 56.3 Å². The lowest BCUT2D eigenvalue weighted by Crippen LogP contribution is -2.25. The molecule has 0 atom stereocenters. The van der Waals surface area contributed by atoms with Crippen LogP contribution in [0.15, 0.2) is 33.0 Å². The number of imidazole rings is 1. The summed E-state index contributed by atoms with van der Waals surface area (Å²) in [4.78, 5) is 27.8. The third-order valence-electron chi connectivity index (χ3n) is 3.16. The minimum Gasteiger partial charge on any atom is -0.482 e. The van der Waals surface area contributed by atoms with Crippen LogP contribution < -0.4 is 15.8 Å². The number of hydrogen-bond donors (Lipinski definition) is 3. The zero-order chi connectivity index (χ0) is 16.0. The lowest BCUT2D eigenvalue weighted by atomic mass is 10.2. The number of aromatic nitrogens is 4. The van der Waals surface area contributed by atoms with Gasteiger partial charge in [0.15, 0.2) is 28.7 Å². The van der Waals surface area contributed by atoms with Gasteiger partial charge < -0.3 is 20.8 Å². The van der Waals surface area contributed by atoms with Crippen LogP contribution in [-0.4, -0.2) is 32.4 Å². The highest BCUT2D eigenvalue weighted by molar-refractivity contribution is 9.10. The Bertz CT molecular complexity index is 944. The van der Waals surface area contributed by atoms with Crippen molar-refractivity contribution in [3.8, 4) is 5.75 Å². The first-order valence-electron chi connectivity index (χ1n) is 6.50. The second-order valence-corrected chi connectivity index (χ2v) is 6.60. The lowest BCUT2D eigenvalue weighted by Gasteiger charge is -2.19. The number of halogens is 1. The summed E-state index contributed by atoms with van der Waals surface area (Å²) in [6.07, 6.45) is 1.38. The molecule has 1 aliphatic heterocycles. The molecule has 0 aliphatic carbocycles. The number of ether oxygens (including phenoxy) is 1. The van der Waals surface area contributed by atoms with Crippen LogP contribution in [0.2, 0.25) is 0 Å².